The molecule has 1 heterocycles. The van der Waals surface area contributed by atoms with Crippen LogP contribution in [0.15, 0.2) is 18.2 Å². The van der Waals surface area contributed by atoms with E-state index in [1.54, 1.807) is 0 Å². The minimum Gasteiger partial charge on any atom is -0.370 e. The molecule has 2 amide bonds. The molecular weight excluding hydrogens is 316 g/mol. The van der Waals surface area contributed by atoms with E-state index in [0.29, 0.717) is 31.5 Å². The molecule has 1 fully saturated rings. The van der Waals surface area contributed by atoms with Gasteiger partial charge in [0.25, 0.3) is 5.91 Å². The third-order valence-corrected chi connectivity index (χ3v) is 3.84. The first-order chi connectivity index (χ1) is 10.7. The molecule has 0 unspecified atom stereocenters. The molecule has 1 atom stereocenters. The number of hydrogen-bond acceptors (Lipinski definition) is 2. The Kier molecular flexibility index (Phi) is 4.91. The van der Waals surface area contributed by atoms with Crippen molar-refractivity contribution in [3.8, 4) is 0 Å². The Balaban J connectivity index is 2.30. The zero-order chi connectivity index (χ0) is 17.2. The van der Waals surface area contributed by atoms with Gasteiger partial charge >= 0.3 is 6.18 Å². The van der Waals surface area contributed by atoms with Gasteiger partial charge in [0.1, 0.15) is 5.82 Å². The van der Waals surface area contributed by atoms with Crippen molar-refractivity contribution in [2.45, 2.75) is 37.9 Å². The molecule has 0 spiro atoms. The number of carbonyl (C=O) groups is 2. The highest BCUT2D eigenvalue weighted by atomic mass is 19.4. The Morgan fingerprint density at radius 3 is 2.57 bits per heavy atom. The van der Waals surface area contributed by atoms with Crippen LogP contribution in [-0.2, 0) is 11.0 Å². The van der Waals surface area contributed by atoms with Gasteiger partial charge in [-0.2, -0.15) is 13.2 Å². The summed E-state index contributed by atoms with van der Waals surface area (Å²) >= 11 is 0. The third-order valence-electron chi connectivity index (χ3n) is 3.84. The number of primary amides is 1. The van der Waals surface area contributed by atoms with E-state index >= 15 is 0 Å². The number of piperidine rings is 1. The van der Waals surface area contributed by atoms with Crippen LogP contribution in [0.4, 0.5) is 17.6 Å². The lowest BCUT2D eigenvalue weighted by molar-refractivity contribution is -0.140. The monoisotopic (exact) mass is 332 g/mol. The lowest BCUT2D eigenvalue weighted by Gasteiger charge is -2.35. The number of alkyl halides is 3. The second kappa shape index (κ2) is 6.55. The highest BCUT2D eigenvalue weighted by Crippen LogP contribution is 2.32. The van der Waals surface area contributed by atoms with Crippen LogP contribution < -0.4 is 5.73 Å². The lowest BCUT2D eigenvalue weighted by atomic mass is 9.97. The van der Waals surface area contributed by atoms with E-state index in [1.165, 1.54) is 4.90 Å². The van der Waals surface area contributed by atoms with E-state index in [1.807, 2.05) is 0 Å². The number of likely N-dealkylation sites (tertiary alicyclic amines) is 1. The molecule has 0 aromatic heterocycles. The number of nitrogens with zero attached hydrogens (tertiary/aromatic N) is 1. The Labute approximate surface area is 130 Å². The molecule has 8 heteroatoms. The topological polar surface area (TPSA) is 63.4 Å². The number of amides is 2. The SMILES string of the molecule is NC(=O)C[C@H]1CCCCN1C(=O)c1ccc(F)c(C(F)(F)F)c1. The Morgan fingerprint density at radius 2 is 1.96 bits per heavy atom. The summed E-state index contributed by atoms with van der Waals surface area (Å²) in [4.78, 5) is 24.9. The molecule has 0 radical (unpaired) electrons. The van der Waals surface area contributed by atoms with Gasteiger partial charge in [-0.25, -0.2) is 4.39 Å². The van der Waals surface area contributed by atoms with Crippen LogP contribution in [0.5, 0.6) is 0 Å². The molecule has 1 aliphatic heterocycles. The highest BCUT2D eigenvalue weighted by molar-refractivity contribution is 5.95. The number of carbonyl (C=O) groups excluding carboxylic acids is 2. The fourth-order valence-electron chi connectivity index (χ4n) is 2.75. The molecule has 1 saturated heterocycles. The molecule has 0 aliphatic carbocycles. The number of rotatable bonds is 3. The summed E-state index contributed by atoms with van der Waals surface area (Å²) in [6, 6.07) is 1.72. The van der Waals surface area contributed by atoms with Crippen molar-refractivity contribution in [2.75, 3.05) is 6.54 Å². The van der Waals surface area contributed by atoms with Crippen LogP contribution in [0, 0.1) is 5.82 Å². The largest absolute Gasteiger partial charge is 0.419 e. The van der Waals surface area contributed by atoms with E-state index in [2.05, 4.69) is 0 Å². The molecule has 23 heavy (non-hydrogen) atoms. The summed E-state index contributed by atoms with van der Waals surface area (Å²) in [6.07, 6.45) is -2.87. The summed E-state index contributed by atoms with van der Waals surface area (Å²) in [6.45, 7) is 0.329. The molecule has 1 aliphatic rings. The van der Waals surface area contributed by atoms with Gasteiger partial charge in [-0.1, -0.05) is 0 Å². The fraction of sp³-hybridized carbons (Fsp3) is 0.467. The first-order valence-electron chi connectivity index (χ1n) is 7.16. The van der Waals surface area contributed by atoms with Crippen molar-refractivity contribution in [3.63, 3.8) is 0 Å². The van der Waals surface area contributed by atoms with E-state index in [9.17, 15) is 27.2 Å². The molecule has 1 aromatic rings. The van der Waals surface area contributed by atoms with Crippen LogP contribution in [-0.4, -0.2) is 29.3 Å². The predicted octanol–water partition coefficient (Wildman–Crippen LogP) is 2.71. The van der Waals surface area contributed by atoms with Crippen LogP contribution in [0.1, 0.15) is 41.6 Å². The maximum Gasteiger partial charge on any atom is 0.419 e. The number of hydrogen-bond donors (Lipinski definition) is 1. The van der Waals surface area contributed by atoms with E-state index in [-0.39, 0.29) is 12.0 Å². The van der Waals surface area contributed by atoms with Gasteiger partial charge in [0.05, 0.1) is 5.56 Å². The Morgan fingerprint density at radius 1 is 1.26 bits per heavy atom. The van der Waals surface area contributed by atoms with Crippen LogP contribution in [0.25, 0.3) is 0 Å². The van der Waals surface area contributed by atoms with Gasteiger partial charge in [-0.15, -0.1) is 0 Å². The fourth-order valence-corrected chi connectivity index (χ4v) is 2.75. The van der Waals surface area contributed by atoms with Gasteiger partial charge in [-0.3, -0.25) is 9.59 Å². The van der Waals surface area contributed by atoms with E-state index < -0.39 is 35.4 Å². The van der Waals surface area contributed by atoms with E-state index in [4.69, 9.17) is 5.73 Å². The molecular formula is C15H16F4N2O2. The predicted molar refractivity (Wildman–Crippen MR) is 73.9 cm³/mol. The van der Waals surface area contributed by atoms with Gasteiger partial charge in [0, 0.05) is 24.6 Å². The zero-order valence-electron chi connectivity index (χ0n) is 12.2. The second-order valence-corrected chi connectivity index (χ2v) is 5.51. The van der Waals surface area contributed by atoms with Crippen LogP contribution in [0.3, 0.4) is 0 Å². The molecule has 0 bridgehead atoms. The van der Waals surface area contributed by atoms with Crippen molar-refractivity contribution in [2.24, 2.45) is 5.73 Å². The molecule has 2 N–H and O–H groups in total. The summed E-state index contributed by atoms with van der Waals surface area (Å²) in [5.41, 5.74) is 3.42. The van der Waals surface area contributed by atoms with Gasteiger partial charge in [0.15, 0.2) is 0 Å². The maximum absolute atomic E-state index is 13.3. The minimum atomic E-state index is -4.88. The highest BCUT2D eigenvalue weighted by Gasteiger charge is 2.36. The molecule has 2 rings (SSSR count). The lowest BCUT2D eigenvalue weighted by Crippen LogP contribution is -2.45. The van der Waals surface area contributed by atoms with Gasteiger partial charge in [0.2, 0.25) is 5.91 Å². The van der Waals surface area contributed by atoms with Crippen molar-refractivity contribution < 1.29 is 27.2 Å². The van der Waals surface area contributed by atoms with Crippen LogP contribution in [0.2, 0.25) is 0 Å². The van der Waals surface area contributed by atoms with Crippen molar-refractivity contribution in [1.29, 1.82) is 0 Å². The third kappa shape index (κ3) is 4.00. The Bertz CT molecular complexity index is 616. The second-order valence-electron chi connectivity index (χ2n) is 5.51. The smallest absolute Gasteiger partial charge is 0.370 e. The molecule has 4 nitrogen and oxygen atoms in total. The first-order valence-corrected chi connectivity index (χ1v) is 7.16. The molecule has 0 saturated carbocycles. The average Bonchev–Trinajstić information content (AvgIpc) is 2.46. The Hall–Kier alpha value is -2.12. The first kappa shape index (κ1) is 17.2. The number of halogens is 4. The zero-order valence-corrected chi connectivity index (χ0v) is 12.2. The summed E-state index contributed by atoms with van der Waals surface area (Å²) in [5.74, 6) is -2.66. The number of benzene rings is 1. The molecule has 126 valence electrons. The van der Waals surface area contributed by atoms with E-state index in [0.717, 1.165) is 12.5 Å². The van der Waals surface area contributed by atoms with Gasteiger partial charge < -0.3 is 10.6 Å². The van der Waals surface area contributed by atoms with Crippen LogP contribution >= 0.6 is 0 Å². The summed E-state index contributed by atoms with van der Waals surface area (Å²) in [7, 11) is 0. The quantitative estimate of drug-likeness (QED) is 0.865. The van der Waals surface area contributed by atoms with Crippen molar-refractivity contribution >= 4 is 11.8 Å². The minimum absolute atomic E-state index is 0.0426. The average molecular weight is 332 g/mol. The summed E-state index contributed by atoms with van der Waals surface area (Å²) < 4.78 is 51.6. The van der Waals surface area contributed by atoms with Gasteiger partial charge in [-0.05, 0) is 37.5 Å². The van der Waals surface area contributed by atoms with Crippen molar-refractivity contribution in [1.82, 2.24) is 4.90 Å². The normalized spacial score (nSPS) is 18.8. The molecule has 1 aromatic carbocycles. The number of nitrogens with two attached hydrogens (primary N) is 1. The standard InChI is InChI=1S/C15H16F4N2O2/c16-12-5-4-9(7-11(12)15(17,18)19)14(23)21-6-2-1-3-10(21)8-13(20)22/h4-5,7,10H,1-3,6,8H2,(H2,20,22)/t10-/m1/s1. The van der Waals surface area contributed by atoms with Crippen molar-refractivity contribution in [3.05, 3.63) is 35.1 Å². The maximum atomic E-state index is 13.3. The summed E-state index contributed by atoms with van der Waals surface area (Å²) in [5, 5.41) is 0.